The Bertz CT molecular complexity index is 1430. The lowest BCUT2D eigenvalue weighted by atomic mass is 10.0. The lowest BCUT2D eigenvalue weighted by Gasteiger charge is -2.03. The molecule has 0 radical (unpaired) electrons. The Kier molecular flexibility index (Phi) is 3.69. The monoisotopic (exact) mass is 386 g/mol. The zero-order valence-electron chi connectivity index (χ0n) is 15.2. The summed E-state index contributed by atoms with van der Waals surface area (Å²) >= 11 is 0. The zero-order valence-corrected chi connectivity index (χ0v) is 15.2. The Morgan fingerprint density at radius 1 is 0.897 bits per heavy atom. The number of aromatic nitrogens is 8. The van der Waals surface area contributed by atoms with Gasteiger partial charge in [0, 0.05) is 12.6 Å². The van der Waals surface area contributed by atoms with Crippen molar-refractivity contribution in [3.05, 3.63) is 75.4 Å². The van der Waals surface area contributed by atoms with Gasteiger partial charge in [-0.05, 0) is 21.6 Å². The molecule has 0 fully saturated rings. The van der Waals surface area contributed by atoms with Crippen LogP contribution in [0, 0.1) is 0 Å². The van der Waals surface area contributed by atoms with Crippen molar-refractivity contribution in [2.45, 2.75) is 0 Å². The van der Waals surface area contributed by atoms with E-state index in [-0.39, 0.29) is 17.1 Å². The molecule has 0 aliphatic heterocycles. The van der Waals surface area contributed by atoms with Crippen molar-refractivity contribution in [2.75, 3.05) is 0 Å². The molecule has 0 unspecified atom stereocenters. The molecular formula is C19H14N8O2. The minimum absolute atomic E-state index is 0.0769. The largest absolute Gasteiger partial charge is 0.339 e. The van der Waals surface area contributed by atoms with Crippen LogP contribution >= 0.6 is 0 Å². The Balaban J connectivity index is 1.68. The molecule has 0 bridgehead atoms. The predicted molar refractivity (Wildman–Crippen MR) is 106 cm³/mol. The number of tetrazole rings is 1. The first-order valence-corrected chi connectivity index (χ1v) is 8.75. The number of imidazole rings is 1. The molecule has 29 heavy (non-hydrogen) atoms. The van der Waals surface area contributed by atoms with E-state index in [1.54, 1.807) is 0 Å². The van der Waals surface area contributed by atoms with Gasteiger partial charge in [-0.25, -0.2) is 19.4 Å². The molecule has 3 aromatic heterocycles. The molecule has 0 atom stereocenters. The van der Waals surface area contributed by atoms with Crippen LogP contribution in [-0.2, 0) is 7.05 Å². The molecule has 2 aromatic carbocycles. The van der Waals surface area contributed by atoms with Gasteiger partial charge in [0.15, 0.2) is 11.2 Å². The average Bonchev–Trinajstić information content (AvgIpc) is 3.44. The highest BCUT2D eigenvalue weighted by Crippen LogP contribution is 2.24. The maximum absolute atomic E-state index is 12.6. The highest BCUT2D eigenvalue weighted by molar-refractivity contribution is 5.77. The SMILES string of the molecule is Cn1c(=O)c2[nH]c(-c3ccc(-c4ccccc4)cc3)nc2n(-c2nnn[nH]2)c1=O. The topological polar surface area (TPSA) is 127 Å². The predicted octanol–water partition coefficient (Wildman–Crippen LogP) is 1.26. The molecule has 2 N–H and O–H groups in total. The van der Waals surface area contributed by atoms with Crippen LogP contribution in [0.1, 0.15) is 0 Å². The van der Waals surface area contributed by atoms with E-state index in [4.69, 9.17) is 0 Å². The summed E-state index contributed by atoms with van der Waals surface area (Å²) in [5.41, 5.74) is 2.20. The lowest BCUT2D eigenvalue weighted by molar-refractivity contribution is 0.730. The smallest absolute Gasteiger partial charge is 0.332 e. The highest BCUT2D eigenvalue weighted by Gasteiger charge is 2.19. The number of H-pyrrole nitrogens is 2. The maximum Gasteiger partial charge on any atom is 0.339 e. The van der Waals surface area contributed by atoms with Gasteiger partial charge in [0.2, 0.25) is 0 Å². The van der Waals surface area contributed by atoms with Crippen molar-refractivity contribution in [3.8, 4) is 28.5 Å². The van der Waals surface area contributed by atoms with E-state index in [1.165, 1.54) is 7.05 Å². The van der Waals surface area contributed by atoms with Crippen LogP contribution in [-0.4, -0.2) is 39.7 Å². The molecule has 10 nitrogen and oxygen atoms in total. The number of benzene rings is 2. The molecule has 0 saturated heterocycles. The van der Waals surface area contributed by atoms with Gasteiger partial charge >= 0.3 is 5.69 Å². The Morgan fingerprint density at radius 2 is 1.59 bits per heavy atom. The molecule has 0 saturated carbocycles. The Labute approximate surface area is 162 Å². The van der Waals surface area contributed by atoms with Gasteiger partial charge in [0.25, 0.3) is 11.5 Å². The fraction of sp³-hybridized carbons (Fsp3) is 0.0526. The average molecular weight is 386 g/mol. The van der Waals surface area contributed by atoms with Crippen molar-refractivity contribution in [3.63, 3.8) is 0 Å². The molecule has 0 amide bonds. The normalized spacial score (nSPS) is 11.2. The van der Waals surface area contributed by atoms with Crippen molar-refractivity contribution in [2.24, 2.45) is 7.05 Å². The third kappa shape index (κ3) is 2.65. The summed E-state index contributed by atoms with van der Waals surface area (Å²) in [6, 6.07) is 17.8. The van der Waals surface area contributed by atoms with Crippen LogP contribution in [0.15, 0.2) is 64.2 Å². The third-order valence-electron chi connectivity index (χ3n) is 4.70. The van der Waals surface area contributed by atoms with Crippen molar-refractivity contribution >= 4 is 11.2 Å². The Hall–Kier alpha value is -4.34. The van der Waals surface area contributed by atoms with Crippen LogP contribution in [0.25, 0.3) is 39.6 Å². The number of aromatic amines is 2. The second-order valence-corrected chi connectivity index (χ2v) is 6.43. The first kappa shape index (κ1) is 16.8. The van der Waals surface area contributed by atoms with E-state index < -0.39 is 11.2 Å². The fourth-order valence-electron chi connectivity index (χ4n) is 3.20. The van der Waals surface area contributed by atoms with Gasteiger partial charge in [-0.1, -0.05) is 59.7 Å². The van der Waals surface area contributed by atoms with Crippen molar-refractivity contribution in [1.29, 1.82) is 0 Å². The number of hydrogen-bond acceptors (Lipinski definition) is 6. The second kappa shape index (κ2) is 6.37. The third-order valence-corrected chi connectivity index (χ3v) is 4.70. The zero-order chi connectivity index (χ0) is 20.0. The molecule has 5 aromatic rings. The number of nitrogens with zero attached hydrogens (tertiary/aromatic N) is 6. The number of nitrogens with one attached hydrogen (secondary N) is 2. The second-order valence-electron chi connectivity index (χ2n) is 6.43. The summed E-state index contributed by atoms with van der Waals surface area (Å²) in [6.45, 7) is 0. The van der Waals surface area contributed by atoms with E-state index in [2.05, 4.69) is 30.6 Å². The summed E-state index contributed by atoms with van der Waals surface area (Å²) in [7, 11) is 1.39. The van der Waals surface area contributed by atoms with Gasteiger partial charge < -0.3 is 4.98 Å². The molecule has 0 aliphatic carbocycles. The van der Waals surface area contributed by atoms with Crippen LogP contribution < -0.4 is 11.2 Å². The molecule has 5 rings (SSSR count). The van der Waals surface area contributed by atoms with Crippen LogP contribution in [0.3, 0.4) is 0 Å². The van der Waals surface area contributed by atoms with Crippen molar-refractivity contribution in [1.82, 2.24) is 39.7 Å². The van der Waals surface area contributed by atoms with E-state index in [0.29, 0.717) is 5.82 Å². The maximum atomic E-state index is 12.6. The van der Waals surface area contributed by atoms with Gasteiger partial charge in [-0.3, -0.25) is 9.36 Å². The van der Waals surface area contributed by atoms with Crippen LogP contribution in [0.4, 0.5) is 0 Å². The molecule has 0 aliphatic rings. The standard InChI is InChI=1S/C19H14N8O2/c1-26-17(28)14-16(27(19(26)29)18-22-24-25-23-18)21-15(20-14)13-9-7-12(8-10-13)11-5-3-2-4-6-11/h2-10H,1H3,(H,20,21)(H,22,23,24,25). The van der Waals surface area contributed by atoms with Crippen LogP contribution in [0.2, 0.25) is 0 Å². The molecule has 3 heterocycles. The van der Waals surface area contributed by atoms with Gasteiger partial charge in [-0.2, -0.15) is 0 Å². The highest BCUT2D eigenvalue weighted by atomic mass is 16.2. The van der Waals surface area contributed by atoms with Crippen LogP contribution in [0.5, 0.6) is 0 Å². The lowest BCUT2D eigenvalue weighted by Crippen LogP contribution is -2.37. The van der Waals surface area contributed by atoms with E-state index in [0.717, 1.165) is 25.8 Å². The molecule has 10 heteroatoms. The summed E-state index contributed by atoms with van der Waals surface area (Å²) in [6.07, 6.45) is 0. The van der Waals surface area contributed by atoms with Gasteiger partial charge in [-0.15, -0.1) is 0 Å². The van der Waals surface area contributed by atoms with E-state index in [1.807, 2.05) is 54.6 Å². The first-order valence-electron chi connectivity index (χ1n) is 8.75. The fourth-order valence-corrected chi connectivity index (χ4v) is 3.20. The van der Waals surface area contributed by atoms with E-state index in [9.17, 15) is 9.59 Å². The summed E-state index contributed by atoms with van der Waals surface area (Å²) in [5.74, 6) is 0.539. The number of fused-ring (bicyclic) bond motifs is 1. The minimum Gasteiger partial charge on any atom is -0.332 e. The first-order chi connectivity index (χ1) is 14.1. The summed E-state index contributed by atoms with van der Waals surface area (Å²) < 4.78 is 2.14. The van der Waals surface area contributed by atoms with Crippen molar-refractivity contribution < 1.29 is 0 Å². The number of rotatable bonds is 3. The van der Waals surface area contributed by atoms with Gasteiger partial charge in [0.05, 0.1) is 0 Å². The molecule has 142 valence electrons. The molecular weight excluding hydrogens is 372 g/mol. The number of hydrogen-bond donors (Lipinski definition) is 2. The Morgan fingerprint density at radius 3 is 2.28 bits per heavy atom. The quantitative estimate of drug-likeness (QED) is 0.481. The summed E-state index contributed by atoms with van der Waals surface area (Å²) in [5, 5.41) is 13.3. The van der Waals surface area contributed by atoms with E-state index >= 15 is 0 Å². The summed E-state index contributed by atoms with van der Waals surface area (Å²) in [4.78, 5) is 32.7. The minimum atomic E-state index is -0.599. The molecule has 0 spiro atoms. The van der Waals surface area contributed by atoms with Gasteiger partial charge in [0.1, 0.15) is 5.82 Å².